The molecular weight excluding hydrogens is 324 g/mol. The molecule has 0 heterocycles. The van der Waals surface area contributed by atoms with E-state index in [2.05, 4.69) is 84.9 Å². The Bertz CT molecular complexity index is 986. The molecule has 0 saturated heterocycles. The molecule has 0 radical (unpaired) electrons. The molecule has 0 amide bonds. The van der Waals surface area contributed by atoms with Crippen LogP contribution >= 0.6 is 11.6 Å². The minimum Gasteiger partial charge on any atom is -0.0843 e. The van der Waals surface area contributed by atoms with Gasteiger partial charge in [-0.25, -0.2) is 0 Å². The molecule has 0 aromatic heterocycles. The lowest BCUT2D eigenvalue weighted by molar-refractivity contribution is 1.57. The predicted octanol–water partition coefficient (Wildman–Crippen LogP) is 7.34. The highest BCUT2D eigenvalue weighted by molar-refractivity contribution is 6.30. The molecule has 120 valence electrons. The lowest BCUT2D eigenvalue weighted by atomic mass is 9.93. The van der Waals surface area contributed by atoms with Gasteiger partial charge in [-0.3, -0.25) is 0 Å². The lowest BCUT2D eigenvalue weighted by Gasteiger charge is -2.12. The molecule has 0 fully saturated rings. The first-order chi connectivity index (χ1) is 12.3. The summed E-state index contributed by atoms with van der Waals surface area (Å²) in [4.78, 5) is 0. The number of benzene rings is 4. The van der Waals surface area contributed by atoms with Crippen LogP contribution in [0.3, 0.4) is 0 Å². The average Bonchev–Trinajstić information content (AvgIpc) is 2.69. The summed E-state index contributed by atoms with van der Waals surface area (Å²) in [5, 5.41) is 0.759. The second-order valence-electron chi connectivity index (χ2n) is 6.00. The van der Waals surface area contributed by atoms with E-state index in [1.54, 1.807) is 0 Å². The van der Waals surface area contributed by atoms with Crippen LogP contribution in [0.2, 0.25) is 5.02 Å². The monoisotopic (exact) mass is 340 g/mol. The van der Waals surface area contributed by atoms with E-state index in [-0.39, 0.29) is 0 Å². The maximum Gasteiger partial charge on any atom is 0.0406 e. The fourth-order valence-corrected chi connectivity index (χ4v) is 3.24. The van der Waals surface area contributed by atoms with Crippen LogP contribution in [0.4, 0.5) is 0 Å². The molecule has 0 N–H and O–H groups in total. The van der Waals surface area contributed by atoms with Crippen LogP contribution in [-0.2, 0) is 0 Å². The maximum absolute atomic E-state index is 6.01. The quantitative estimate of drug-likeness (QED) is 0.366. The van der Waals surface area contributed by atoms with Gasteiger partial charge in [0.15, 0.2) is 0 Å². The SMILES string of the molecule is Clc1ccc(-c2cccc(-c3ccccc3-c3ccccc3)c2)cc1. The largest absolute Gasteiger partial charge is 0.0843 e. The van der Waals surface area contributed by atoms with Crippen molar-refractivity contribution < 1.29 is 0 Å². The van der Waals surface area contributed by atoms with Crippen LogP contribution in [0.1, 0.15) is 0 Å². The van der Waals surface area contributed by atoms with Gasteiger partial charge in [0.05, 0.1) is 0 Å². The summed E-state index contributed by atoms with van der Waals surface area (Å²) in [5.41, 5.74) is 7.29. The van der Waals surface area contributed by atoms with Crippen LogP contribution in [0.25, 0.3) is 33.4 Å². The minimum absolute atomic E-state index is 0.759. The van der Waals surface area contributed by atoms with Crippen molar-refractivity contribution in [3.63, 3.8) is 0 Å². The molecular formula is C24H17Cl. The zero-order valence-corrected chi connectivity index (χ0v) is 14.4. The molecule has 1 heteroatoms. The number of halogens is 1. The Morgan fingerprint density at radius 3 is 1.68 bits per heavy atom. The second-order valence-corrected chi connectivity index (χ2v) is 6.44. The molecule has 0 spiro atoms. The molecule has 25 heavy (non-hydrogen) atoms. The first-order valence-electron chi connectivity index (χ1n) is 8.32. The van der Waals surface area contributed by atoms with Crippen molar-refractivity contribution >= 4 is 11.6 Å². The minimum atomic E-state index is 0.759. The maximum atomic E-state index is 6.01. The van der Waals surface area contributed by atoms with Gasteiger partial charge in [0.25, 0.3) is 0 Å². The lowest BCUT2D eigenvalue weighted by Crippen LogP contribution is -1.86. The summed E-state index contributed by atoms with van der Waals surface area (Å²) in [7, 11) is 0. The van der Waals surface area contributed by atoms with Crippen molar-refractivity contribution in [1.29, 1.82) is 0 Å². The second kappa shape index (κ2) is 6.96. The predicted molar refractivity (Wildman–Crippen MR) is 108 cm³/mol. The van der Waals surface area contributed by atoms with E-state index in [0.717, 1.165) is 5.02 Å². The Labute approximate surface area is 153 Å². The molecule has 4 rings (SSSR count). The summed E-state index contributed by atoms with van der Waals surface area (Å²) in [6.07, 6.45) is 0. The first-order valence-corrected chi connectivity index (χ1v) is 8.70. The van der Waals surface area contributed by atoms with Crippen molar-refractivity contribution in [2.75, 3.05) is 0 Å². The van der Waals surface area contributed by atoms with Gasteiger partial charge < -0.3 is 0 Å². The van der Waals surface area contributed by atoms with Crippen LogP contribution < -0.4 is 0 Å². The summed E-state index contributed by atoms with van der Waals surface area (Å²) < 4.78 is 0. The van der Waals surface area contributed by atoms with Gasteiger partial charge in [-0.1, -0.05) is 96.5 Å². The Kier molecular flexibility index (Phi) is 4.37. The van der Waals surface area contributed by atoms with Gasteiger partial charge in [-0.15, -0.1) is 0 Å². The summed E-state index contributed by atoms with van der Waals surface area (Å²) in [5.74, 6) is 0. The van der Waals surface area contributed by atoms with E-state index in [9.17, 15) is 0 Å². The number of hydrogen-bond acceptors (Lipinski definition) is 0. The zero-order valence-electron chi connectivity index (χ0n) is 13.7. The molecule has 0 aliphatic heterocycles. The molecule has 0 aliphatic carbocycles. The molecule has 0 saturated carbocycles. The van der Waals surface area contributed by atoms with Crippen molar-refractivity contribution in [2.45, 2.75) is 0 Å². The molecule has 0 atom stereocenters. The van der Waals surface area contributed by atoms with E-state index in [1.807, 2.05) is 18.2 Å². The Hall–Kier alpha value is -2.83. The van der Waals surface area contributed by atoms with E-state index in [4.69, 9.17) is 11.6 Å². The van der Waals surface area contributed by atoms with E-state index >= 15 is 0 Å². The Morgan fingerprint density at radius 2 is 0.960 bits per heavy atom. The normalized spacial score (nSPS) is 10.6. The van der Waals surface area contributed by atoms with Gasteiger partial charge >= 0.3 is 0 Å². The fraction of sp³-hybridized carbons (Fsp3) is 0. The highest BCUT2D eigenvalue weighted by atomic mass is 35.5. The van der Waals surface area contributed by atoms with Gasteiger partial charge in [-0.05, 0) is 51.6 Å². The van der Waals surface area contributed by atoms with Gasteiger partial charge in [-0.2, -0.15) is 0 Å². The molecule has 0 nitrogen and oxygen atoms in total. The average molecular weight is 341 g/mol. The van der Waals surface area contributed by atoms with E-state index in [1.165, 1.54) is 33.4 Å². The van der Waals surface area contributed by atoms with Gasteiger partial charge in [0.2, 0.25) is 0 Å². The van der Waals surface area contributed by atoms with Crippen LogP contribution in [0.15, 0.2) is 103 Å². The fourth-order valence-electron chi connectivity index (χ4n) is 3.11. The molecule has 0 unspecified atom stereocenters. The smallest absolute Gasteiger partial charge is 0.0406 e. The topological polar surface area (TPSA) is 0 Å². The zero-order chi connectivity index (χ0) is 17.1. The van der Waals surface area contributed by atoms with E-state index in [0.29, 0.717) is 0 Å². The Morgan fingerprint density at radius 1 is 0.400 bits per heavy atom. The highest BCUT2D eigenvalue weighted by Gasteiger charge is 2.08. The van der Waals surface area contributed by atoms with Gasteiger partial charge in [0.1, 0.15) is 0 Å². The van der Waals surface area contributed by atoms with Gasteiger partial charge in [0, 0.05) is 5.02 Å². The van der Waals surface area contributed by atoms with Crippen molar-refractivity contribution in [2.24, 2.45) is 0 Å². The van der Waals surface area contributed by atoms with Crippen molar-refractivity contribution in [1.82, 2.24) is 0 Å². The third-order valence-electron chi connectivity index (χ3n) is 4.36. The summed E-state index contributed by atoms with van der Waals surface area (Å²) in [6.45, 7) is 0. The first kappa shape index (κ1) is 15.7. The van der Waals surface area contributed by atoms with Crippen LogP contribution in [-0.4, -0.2) is 0 Å². The highest BCUT2D eigenvalue weighted by Crippen LogP contribution is 2.34. The third-order valence-corrected chi connectivity index (χ3v) is 4.61. The Balaban J connectivity index is 1.81. The summed E-state index contributed by atoms with van der Waals surface area (Å²) >= 11 is 6.01. The molecule has 0 bridgehead atoms. The van der Waals surface area contributed by atoms with Crippen molar-refractivity contribution in [3.05, 3.63) is 108 Å². The molecule has 0 aliphatic rings. The number of hydrogen-bond donors (Lipinski definition) is 0. The summed E-state index contributed by atoms with van der Waals surface area (Å²) in [6, 6.07) is 35.7. The third kappa shape index (κ3) is 3.35. The van der Waals surface area contributed by atoms with Crippen LogP contribution in [0, 0.1) is 0 Å². The molecule has 4 aromatic carbocycles. The van der Waals surface area contributed by atoms with Crippen molar-refractivity contribution in [3.8, 4) is 33.4 Å². The number of rotatable bonds is 3. The molecule has 4 aromatic rings. The standard InChI is InChI=1S/C24H17Cl/c25-22-15-13-18(14-16-22)20-9-6-10-21(17-20)24-12-5-4-11-23(24)19-7-2-1-3-8-19/h1-17H. The van der Waals surface area contributed by atoms with Crippen LogP contribution in [0.5, 0.6) is 0 Å². The van der Waals surface area contributed by atoms with E-state index < -0.39 is 0 Å².